The van der Waals surface area contributed by atoms with Gasteiger partial charge in [-0.15, -0.1) is 0 Å². The van der Waals surface area contributed by atoms with Crippen LogP contribution in [-0.2, 0) is 20.9 Å². The van der Waals surface area contributed by atoms with Gasteiger partial charge < -0.3 is 14.4 Å². The molecule has 2 fully saturated rings. The van der Waals surface area contributed by atoms with E-state index in [0.29, 0.717) is 25.4 Å². The summed E-state index contributed by atoms with van der Waals surface area (Å²) < 4.78 is 10.7. The number of benzene rings is 1. The molecular formula is C17H21NO4. The van der Waals surface area contributed by atoms with Crippen molar-refractivity contribution in [1.82, 2.24) is 4.90 Å². The lowest BCUT2D eigenvalue weighted by molar-refractivity contribution is -0.164. The van der Waals surface area contributed by atoms with E-state index in [1.54, 1.807) is 4.90 Å². The number of esters is 1. The van der Waals surface area contributed by atoms with Gasteiger partial charge in [0.2, 0.25) is 0 Å². The molecule has 0 aromatic heterocycles. The maximum atomic E-state index is 12.2. The number of amides is 1. The molecule has 1 aromatic carbocycles. The predicted molar refractivity (Wildman–Crippen MR) is 80.0 cm³/mol. The Morgan fingerprint density at radius 2 is 2.14 bits per heavy atom. The Labute approximate surface area is 130 Å². The van der Waals surface area contributed by atoms with E-state index in [1.165, 1.54) is 0 Å². The topological polar surface area (TPSA) is 55.8 Å². The van der Waals surface area contributed by atoms with Crippen LogP contribution in [0.25, 0.3) is 0 Å². The first-order valence-electron chi connectivity index (χ1n) is 7.78. The largest absolute Gasteiger partial charge is 0.462 e. The average molecular weight is 303 g/mol. The van der Waals surface area contributed by atoms with Crippen LogP contribution in [0, 0.1) is 11.8 Å². The van der Waals surface area contributed by atoms with E-state index in [4.69, 9.17) is 9.47 Å². The Morgan fingerprint density at radius 3 is 2.91 bits per heavy atom. The number of likely N-dealkylation sites (tertiary alicyclic amines) is 1. The lowest BCUT2D eigenvalue weighted by Gasteiger charge is -2.42. The van der Waals surface area contributed by atoms with Gasteiger partial charge in [-0.2, -0.15) is 0 Å². The smallest absolute Gasteiger partial charge is 0.410 e. The monoisotopic (exact) mass is 303 g/mol. The minimum Gasteiger partial charge on any atom is -0.462 e. The first-order chi connectivity index (χ1) is 10.6. The second-order valence-electron chi connectivity index (χ2n) is 6.10. The molecule has 0 N–H and O–H groups in total. The minimum atomic E-state index is -0.286. The Balaban J connectivity index is 1.55. The number of carbonyl (C=O) groups excluding carboxylic acids is 2. The zero-order valence-electron chi connectivity index (χ0n) is 12.7. The molecule has 2 heterocycles. The highest BCUT2D eigenvalue weighted by molar-refractivity contribution is 5.71. The number of nitrogens with zero attached hydrogens (tertiary/aromatic N) is 1. The van der Waals surface area contributed by atoms with E-state index in [-0.39, 0.29) is 30.7 Å². The Morgan fingerprint density at radius 1 is 1.36 bits per heavy atom. The number of rotatable bonds is 2. The third-order valence-electron chi connectivity index (χ3n) is 4.62. The summed E-state index contributed by atoms with van der Waals surface area (Å²) in [6, 6.07) is 9.64. The zero-order chi connectivity index (χ0) is 15.5. The number of hydrogen-bond acceptors (Lipinski definition) is 4. The summed E-state index contributed by atoms with van der Waals surface area (Å²) in [6.07, 6.45) is 0.897. The molecule has 0 unspecified atom stereocenters. The van der Waals surface area contributed by atoms with E-state index in [1.807, 2.05) is 37.3 Å². The maximum Gasteiger partial charge on any atom is 0.410 e. The van der Waals surface area contributed by atoms with Crippen molar-refractivity contribution in [3.8, 4) is 0 Å². The summed E-state index contributed by atoms with van der Waals surface area (Å²) in [4.78, 5) is 25.4. The molecule has 0 spiro atoms. The van der Waals surface area contributed by atoms with Crippen LogP contribution >= 0.6 is 0 Å². The standard InChI is InChI=1S/C17H21NO4/c1-12-15-10-18(8-7-14(15)9-16(19)22-12)17(20)21-11-13-5-3-2-4-6-13/h2-6,12,14-15H,7-11H2,1H3/t12-,14+,15-/m0/s1. The molecule has 2 aliphatic rings. The van der Waals surface area contributed by atoms with Crippen molar-refractivity contribution in [2.75, 3.05) is 13.1 Å². The van der Waals surface area contributed by atoms with E-state index in [0.717, 1.165) is 12.0 Å². The summed E-state index contributed by atoms with van der Waals surface area (Å²) >= 11 is 0. The van der Waals surface area contributed by atoms with E-state index in [2.05, 4.69) is 0 Å². The number of ether oxygens (including phenoxy) is 2. The molecule has 3 rings (SSSR count). The van der Waals surface area contributed by atoms with Crippen LogP contribution in [0.2, 0.25) is 0 Å². The lowest BCUT2D eigenvalue weighted by Crippen LogP contribution is -2.51. The molecule has 1 amide bonds. The number of piperidine rings is 1. The van der Waals surface area contributed by atoms with Crippen molar-refractivity contribution >= 4 is 12.1 Å². The normalized spacial score (nSPS) is 27.8. The Bertz CT molecular complexity index is 545. The highest BCUT2D eigenvalue weighted by atomic mass is 16.6. The van der Waals surface area contributed by atoms with Crippen LogP contribution in [0.3, 0.4) is 0 Å². The number of cyclic esters (lactones) is 1. The molecular weight excluding hydrogens is 282 g/mol. The first kappa shape index (κ1) is 14.9. The van der Waals surface area contributed by atoms with Crippen LogP contribution in [0.1, 0.15) is 25.3 Å². The second-order valence-corrected chi connectivity index (χ2v) is 6.10. The number of hydrogen-bond donors (Lipinski definition) is 0. The van der Waals surface area contributed by atoms with Gasteiger partial charge in [0.1, 0.15) is 12.7 Å². The van der Waals surface area contributed by atoms with Gasteiger partial charge in [0.25, 0.3) is 0 Å². The summed E-state index contributed by atoms with van der Waals surface area (Å²) in [5.74, 6) is 0.430. The van der Waals surface area contributed by atoms with Crippen molar-refractivity contribution in [3.63, 3.8) is 0 Å². The van der Waals surface area contributed by atoms with Gasteiger partial charge in [-0.3, -0.25) is 4.79 Å². The van der Waals surface area contributed by atoms with Crippen molar-refractivity contribution in [2.45, 2.75) is 32.5 Å². The molecule has 22 heavy (non-hydrogen) atoms. The van der Waals surface area contributed by atoms with Crippen LogP contribution in [0.4, 0.5) is 4.79 Å². The highest BCUT2D eigenvalue weighted by Gasteiger charge is 2.41. The van der Waals surface area contributed by atoms with E-state index in [9.17, 15) is 9.59 Å². The summed E-state index contributed by atoms with van der Waals surface area (Å²) in [5.41, 5.74) is 0.978. The molecule has 5 heteroatoms. The number of carbonyl (C=O) groups is 2. The molecule has 0 saturated carbocycles. The number of fused-ring (bicyclic) bond motifs is 1. The molecule has 1 aromatic rings. The SMILES string of the molecule is C[C@@H]1OC(=O)C[C@H]2CCN(C(=O)OCc3ccccc3)C[C@H]21. The van der Waals surface area contributed by atoms with Crippen molar-refractivity contribution in [1.29, 1.82) is 0 Å². The molecule has 0 bridgehead atoms. The van der Waals surface area contributed by atoms with E-state index < -0.39 is 0 Å². The molecule has 0 aliphatic carbocycles. The van der Waals surface area contributed by atoms with Gasteiger partial charge in [-0.05, 0) is 24.8 Å². The van der Waals surface area contributed by atoms with Gasteiger partial charge in [0, 0.05) is 25.4 Å². The van der Waals surface area contributed by atoms with Gasteiger partial charge in [0.15, 0.2) is 0 Å². The summed E-state index contributed by atoms with van der Waals surface area (Å²) in [6.45, 7) is 3.45. The van der Waals surface area contributed by atoms with Gasteiger partial charge in [-0.1, -0.05) is 30.3 Å². The van der Waals surface area contributed by atoms with Crippen molar-refractivity contribution < 1.29 is 19.1 Å². The van der Waals surface area contributed by atoms with Crippen molar-refractivity contribution in [2.24, 2.45) is 11.8 Å². The molecule has 2 saturated heterocycles. The third-order valence-corrected chi connectivity index (χ3v) is 4.62. The summed E-state index contributed by atoms with van der Waals surface area (Å²) in [7, 11) is 0. The molecule has 5 nitrogen and oxygen atoms in total. The van der Waals surface area contributed by atoms with E-state index >= 15 is 0 Å². The maximum absolute atomic E-state index is 12.2. The molecule has 3 atom stereocenters. The molecule has 2 aliphatic heterocycles. The fourth-order valence-corrected chi connectivity index (χ4v) is 3.35. The van der Waals surface area contributed by atoms with Crippen LogP contribution < -0.4 is 0 Å². The highest BCUT2D eigenvalue weighted by Crippen LogP contribution is 2.34. The van der Waals surface area contributed by atoms with Gasteiger partial charge in [0.05, 0.1) is 0 Å². The fourth-order valence-electron chi connectivity index (χ4n) is 3.35. The fraction of sp³-hybridized carbons (Fsp3) is 0.529. The first-order valence-corrected chi connectivity index (χ1v) is 7.78. The second kappa shape index (κ2) is 6.38. The van der Waals surface area contributed by atoms with Gasteiger partial charge >= 0.3 is 12.1 Å². The minimum absolute atomic E-state index is 0.117. The quantitative estimate of drug-likeness (QED) is 0.788. The van der Waals surface area contributed by atoms with Crippen molar-refractivity contribution in [3.05, 3.63) is 35.9 Å². The summed E-state index contributed by atoms with van der Waals surface area (Å²) in [5, 5.41) is 0. The predicted octanol–water partition coefficient (Wildman–Crippen LogP) is 2.60. The molecule has 118 valence electrons. The molecule has 0 radical (unpaired) electrons. The van der Waals surface area contributed by atoms with Crippen LogP contribution in [-0.4, -0.2) is 36.2 Å². The van der Waals surface area contributed by atoms with Crippen LogP contribution in [0.15, 0.2) is 30.3 Å². The van der Waals surface area contributed by atoms with Crippen LogP contribution in [0.5, 0.6) is 0 Å². The van der Waals surface area contributed by atoms with Gasteiger partial charge in [-0.25, -0.2) is 4.79 Å². The Hall–Kier alpha value is -2.04. The third kappa shape index (κ3) is 3.24. The average Bonchev–Trinajstić information content (AvgIpc) is 2.53. The lowest BCUT2D eigenvalue weighted by atomic mass is 9.78. The zero-order valence-corrected chi connectivity index (χ0v) is 12.7. The Kier molecular flexibility index (Phi) is 4.32.